The maximum atomic E-state index is 4.65. The summed E-state index contributed by atoms with van der Waals surface area (Å²) in [7, 11) is 0. The van der Waals surface area contributed by atoms with E-state index in [9.17, 15) is 0 Å². The number of thiazole rings is 1. The molecule has 98 valence electrons. The number of nitrogens with one attached hydrogen (secondary N) is 1. The summed E-state index contributed by atoms with van der Waals surface area (Å²) in [6, 6.07) is 2.96. The van der Waals surface area contributed by atoms with E-state index in [2.05, 4.69) is 56.4 Å². The average molecular weight is 280 g/mol. The Bertz CT molecular complexity index is 526. The molecule has 2 aromatic heterocycles. The molecule has 0 aromatic carbocycles. The van der Waals surface area contributed by atoms with Crippen LogP contribution in [0.3, 0.4) is 0 Å². The summed E-state index contributed by atoms with van der Waals surface area (Å²) in [5.74, 6) is 0. The van der Waals surface area contributed by atoms with E-state index in [0.717, 1.165) is 5.69 Å². The van der Waals surface area contributed by atoms with Crippen LogP contribution in [0, 0.1) is 20.8 Å². The van der Waals surface area contributed by atoms with Gasteiger partial charge in [-0.1, -0.05) is 0 Å². The first-order valence-electron chi connectivity index (χ1n) is 6.22. The molecule has 0 fully saturated rings. The number of thiophene rings is 1. The first kappa shape index (κ1) is 13.7. The molecule has 18 heavy (non-hydrogen) atoms. The minimum absolute atomic E-state index is 0.230. The Kier molecular flexibility index (Phi) is 4.20. The van der Waals surface area contributed by atoms with Crippen molar-refractivity contribution >= 4 is 22.7 Å². The van der Waals surface area contributed by atoms with Crippen LogP contribution in [0.15, 0.2) is 11.4 Å². The third kappa shape index (κ3) is 2.99. The Balaban J connectivity index is 2.39. The lowest BCUT2D eigenvalue weighted by molar-refractivity contribution is 0.526. The molecular weight excluding hydrogens is 260 g/mol. The van der Waals surface area contributed by atoms with Crippen LogP contribution in [0.2, 0.25) is 0 Å². The van der Waals surface area contributed by atoms with Gasteiger partial charge in [0, 0.05) is 26.9 Å². The van der Waals surface area contributed by atoms with Gasteiger partial charge >= 0.3 is 0 Å². The minimum atomic E-state index is 0.230. The van der Waals surface area contributed by atoms with Crippen LogP contribution in [-0.4, -0.2) is 11.0 Å². The molecule has 2 heterocycles. The van der Waals surface area contributed by atoms with Crippen molar-refractivity contribution in [2.75, 3.05) is 0 Å². The van der Waals surface area contributed by atoms with E-state index in [-0.39, 0.29) is 6.04 Å². The summed E-state index contributed by atoms with van der Waals surface area (Å²) >= 11 is 3.61. The molecule has 2 aromatic rings. The van der Waals surface area contributed by atoms with Gasteiger partial charge in [0.15, 0.2) is 0 Å². The van der Waals surface area contributed by atoms with Crippen LogP contribution < -0.4 is 5.32 Å². The van der Waals surface area contributed by atoms with Crippen LogP contribution >= 0.6 is 22.7 Å². The number of nitrogens with zero attached hydrogens (tertiary/aromatic N) is 1. The normalized spacial score (nSPS) is 13.2. The van der Waals surface area contributed by atoms with E-state index in [0.29, 0.717) is 6.04 Å². The highest BCUT2D eigenvalue weighted by molar-refractivity contribution is 7.12. The fourth-order valence-corrected chi connectivity index (χ4v) is 3.90. The van der Waals surface area contributed by atoms with Crippen LogP contribution in [0.1, 0.15) is 45.9 Å². The lowest BCUT2D eigenvalue weighted by atomic mass is 10.1. The van der Waals surface area contributed by atoms with Crippen molar-refractivity contribution in [3.8, 4) is 0 Å². The van der Waals surface area contributed by atoms with Crippen LogP contribution in [0.25, 0.3) is 0 Å². The van der Waals surface area contributed by atoms with Crippen molar-refractivity contribution in [2.24, 2.45) is 0 Å². The number of aryl methyl sites for hydroxylation is 3. The second-order valence-electron chi connectivity index (χ2n) is 4.95. The number of hydrogen-bond acceptors (Lipinski definition) is 4. The van der Waals surface area contributed by atoms with Gasteiger partial charge < -0.3 is 5.32 Å². The second kappa shape index (κ2) is 5.51. The van der Waals surface area contributed by atoms with Crippen molar-refractivity contribution in [2.45, 2.75) is 46.7 Å². The van der Waals surface area contributed by atoms with Gasteiger partial charge in [0.1, 0.15) is 5.01 Å². The summed E-state index contributed by atoms with van der Waals surface area (Å²) in [4.78, 5) is 7.41. The molecule has 0 radical (unpaired) electrons. The number of rotatable bonds is 4. The monoisotopic (exact) mass is 280 g/mol. The Morgan fingerprint density at radius 2 is 1.94 bits per heavy atom. The third-order valence-electron chi connectivity index (χ3n) is 2.77. The molecule has 1 N–H and O–H groups in total. The summed E-state index contributed by atoms with van der Waals surface area (Å²) in [5, 5.41) is 6.93. The zero-order valence-corrected chi connectivity index (χ0v) is 13.2. The van der Waals surface area contributed by atoms with Gasteiger partial charge in [-0.15, -0.1) is 22.7 Å². The van der Waals surface area contributed by atoms with Crippen molar-refractivity contribution in [1.82, 2.24) is 10.3 Å². The Morgan fingerprint density at radius 1 is 1.22 bits per heavy atom. The first-order chi connectivity index (χ1) is 8.47. The van der Waals surface area contributed by atoms with Gasteiger partial charge in [-0.2, -0.15) is 0 Å². The van der Waals surface area contributed by atoms with E-state index >= 15 is 0 Å². The zero-order valence-electron chi connectivity index (χ0n) is 11.6. The SMILES string of the molecule is Cc1csc(C(NC(C)C)c2cc(C)sc2C)n1. The van der Waals surface area contributed by atoms with Crippen molar-refractivity contribution in [3.63, 3.8) is 0 Å². The highest BCUT2D eigenvalue weighted by Gasteiger charge is 2.21. The fourth-order valence-electron chi connectivity index (χ4n) is 2.07. The molecule has 2 rings (SSSR count). The molecular formula is C14H20N2S2. The van der Waals surface area contributed by atoms with E-state index in [1.54, 1.807) is 11.3 Å². The smallest absolute Gasteiger partial charge is 0.114 e. The molecule has 0 spiro atoms. The lowest BCUT2D eigenvalue weighted by Gasteiger charge is -2.19. The van der Waals surface area contributed by atoms with Crippen LogP contribution in [0.4, 0.5) is 0 Å². The molecule has 1 unspecified atom stereocenters. The largest absolute Gasteiger partial charge is 0.302 e. The summed E-state index contributed by atoms with van der Waals surface area (Å²) in [5.41, 5.74) is 2.48. The molecule has 0 amide bonds. The van der Waals surface area contributed by atoms with Gasteiger partial charge in [-0.3, -0.25) is 0 Å². The Hall–Kier alpha value is -0.710. The quantitative estimate of drug-likeness (QED) is 0.907. The third-order valence-corrected chi connectivity index (χ3v) is 4.78. The molecule has 0 aliphatic carbocycles. The molecule has 4 heteroatoms. The summed E-state index contributed by atoms with van der Waals surface area (Å²) in [6.07, 6.45) is 0. The van der Waals surface area contributed by atoms with Crippen molar-refractivity contribution < 1.29 is 0 Å². The minimum Gasteiger partial charge on any atom is -0.302 e. The summed E-state index contributed by atoms with van der Waals surface area (Å²) in [6.45, 7) is 10.8. The second-order valence-corrected chi connectivity index (χ2v) is 7.30. The zero-order chi connectivity index (χ0) is 13.3. The van der Waals surface area contributed by atoms with Crippen molar-refractivity contribution in [1.29, 1.82) is 0 Å². The number of aromatic nitrogens is 1. The highest BCUT2D eigenvalue weighted by Crippen LogP contribution is 2.32. The van der Waals surface area contributed by atoms with Gasteiger partial charge in [0.2, 0.25) is 0 Å². The Morgan fingerprint density at radius 3 is 2.39 bits per heavy atom. The fraction of sp³-hybridized carbons (Fsp3) is 0.500. The first-order valence-corrected chi connectivity index (χ1v) is 7.92. The highest BCUT2D eigenvalue weighted by atomic mass is 32.1. The Labute approximate surface area is 117 Å². The van der Waals surface area contributed by atoms with E-state index < -0.39 is 0 Å². The molecule has 2 nitrogen and oxygen atoms in total. The van der Waals surface area contributed by atoms with Gasteiger partial charge in [0.25, 0.3) is 0 Å². The molecule has 1 atom stereocenters. The topological polar surface area (TPSA) is 24.9 Å². The molecule has 0 aliphatic rings. The standard InChI is InChI=1S/C14H20N2S2/c1-8(2)15-13(14-16-9(3)7-17-14)12-6-10(4)18-11(12)5/h6-8,13,15H,1-5H3. The molecule has 0 saturated carbocycles. The maximum absolute atomic E-state index is 4.65. The maximum Gasteiger partial charge on any atom is 0.114 e. The molecule has 0 saturated heterocycles. The van der Waals surface area contributed by atoms with Gasteiger partial charge in [-0.25, -0.2) is 4.98 Å². The predicted molar refractivity (Wildman–Crippen MR) is 80.8 cm³/mol. The van der Waals surface area contributed by atoms with E-state index in [1.165, 1.54) is 20.3 Å². The van der Waals surface area contributed by atoms with E-state index in [4.69, 9.17) is 0 Å². The van der Waals surface area contributed by atoms with Gasteiger partial charge in [0.05, 0.1) is 6.04 Å². The van der Waals surface area contributed by atoms with Crippen molar-refractivity contribution in [3.05, 3.63) is 37.5 Å². The van der Waals surface area contributed by atoms with Crippen LogP contribution in [-0.2, 0) is 0 Å². The summed E-state index contributed by atoms with van der Waals surface area (Å²) < 4.78 is 0. The average Bonchev–Trinajstić information content (AvgIpc) is 2.81. The van der Waals surface area contributed by atoms with Crippen LogP contribution in [0.5, 0.6) is 0 Å². The predicted octanol–water partition coefficient (Wildman–Crippen LogP) is 4.22. The molecule has 0 aliphatic heterocycles. The van der Waals surface area contributed by atoms with E-state index in [1.807, 2.05) is 11.3 Å². The number of hydrogen-bond donors (Lipinski definition) is 1. The van der Waals surface area contributed by atoms with Gasteiger partial charge in [-0.05, 0) is 46.2 Å². The molecule has 0 bridgehead atoms. The lowest BCUT2D eigenvalue weighted by Crippen LogP contribution is -2.29.